The van der Waals surface area contributed by atoms with Crippen LogP contribution in [0.5, 0.6) is 0 Å². The summed E-state index contributed by atoms with van der Waals surface area (Å²) >= 11 is 0. The first kappa shape index (κ1) is 10.5. The lowest BCUT2D eigenvalue weighted by atomic mass is 10.1. The molecule has 1 aliphatic heterocycles. The second kappa shape index (κ2) is 4.63. The van der Waals surface area contributed by atoms with Gasteiger partial charge in [-0.15, -0.1) is 0 Å². The van der Waals surface area contributed by atoms with Crippen molar-refractivity contribution in [1.29, 1.82) is 0 Å². The molecular formula is C10H19NO2. The summed E-state index contributed by atoms with van der Waals surface area (Å²) in [5.41, 5.74) is 0. The summed E-state index contributed by atoms with van der Waals surface area (Å²) in [4.78, 5) is 2.28. The highest BCUT2D eigenvalue weighted by molar-refractivity contribution is 4.90. The van der Waals surface area contributed by atoms with Gasteiger partial charge >= 0.3 is 0 Å². The summed E-state index contributed by atoms with van der Waals surface area (Å²) in [6.45, 7) is 6.70. The monoisotopic (exact) mass is 185 g/mol. The SMILES string of the molecule is C=COC(C)C1C(OC)CCN1C. The fraction of sp³-hybridized carbons (Fsp3) is 0.800. The van der Waals surface area contributed by atoms with Crippen LogP contribution in [0.1, 0.15) is 13.3 Å². The van der Waals surface area contributed by atoms with Crippen LogP contribution in [0.25, 0.3) is 0 Å². The standard InChI is InChI=1S/C10H19NO2/c1-5-13-8(2)10-9(12-4)6-7-11(10)3/h5,8-10H,1,6-7H2,2-4H3. The molecule has 1 saturated heterocycles. The highest BCUT2D eigenvalue weighted by Crippen LogP contribution is 2.22. The smallest absolute Gasteiger partial charge is 0.113 e. The molecule has 3 unspecified atom stereocenters. The highest BCUT2D eigenvalue weighted by atomic mass is 16.5. The van der Waals surface area contributed by atoms with Crippen LogP contribution in [-0.2, 0) is 9.47 Å². The van der Waals surface area contributed by atoms with E-state index < -0.39 is 0 Å². The van der Waals surface area contributed by atoms with Gasteiger partial charge < -0.3 is 9.47 Å². The number of methoxy groups -OCH3 is 1. The van der Waals surface area contributed by atoms with Gasteiger partial charge in [-0.2, -0.15) is 0 Å². The van der Waals surface area contributed by atoms with Crippen molar-refractivity contribution in [3.8, 4) is 0 Å². The van der Waals surface area contributed by atoms with Crippen LogP contribution >= 0.6 is 0 Å². The molecule has 0 aromatic rings. The van der Waals surface area contributed by atoms with Crippen LogP contribution in [0.15, 0.2) is 12.8 Å². The minimum absolute atomic E-state index is 0.148. The zero-order chi connectivity index (χ0) is 9.84. The maximum Gasteiger partial charge on any atom is 0.113 e. The predicted octanol–water partition coefficient (Wildman–Crippen LogP) is 1.25. The summed E-state index contributed by atoms with van der Waals surface area (Å²) in [6, 6.07) is 0.350. The molecular weight excluding hydrogens is 166 g/mol. The summed E-state index contributed by atoms with van der Waals surface area (Å²) in [7, 11) is 3.87. The van der Waals surface area contributed by atoms with E-state index in [0.717, 1.165) is 13.0 Å². The fourth-order valence-corrected chi connectivity index (χ4v) is 2.08. The van der Waals surface area contributed by atoms with Gasteiger partial charge in [-0.25, -0.2) is 0 Å². The first-order valence-electron chi connectivity index (χ1n) is 4.70. The van der Waals surface area contributed by atoms with Gasteiger partial charge in [-0.1, -0.05) is 6.58 Å². The third-order valence-corrected chi connectivity index (χ3v) is 2.75. The first-order chi connectivity index (χ1) is 6.20. The molecule has 3 atom stereocenters. The quantitative estimate of drug-likeness (QED) is 0.615. The lowest BCUT2D eigenvalue weighted by Crippen LogP contribution is -2.42. The van der Waals surface area contributed by atoms with Gasteiger partial charge in [-0.3, -0.25) is 4.90 Å². The van der Waals surface area contributed by atoms with Crippen molar-refractivity contribution in [2.75, 3.05) is 20.7 Å². The van der Waals surface area contributed by atoms with Crippen LogP contribution in [0.4, 0.5) is 0 Å². The van der Waals surface area contributed by atoms with E-state index in [1.54, 1.807) is 7.11 Å². The molecule has 0 aromatic heterocycles. The van der Waals surface area contributed by atoms with Crippen molar-refractivity contribution >= 4 is 0 Å². The average Bonchev–Trinajstić information content (AvgIpc) is 2.47. The Morgan fingerprint density at radius 2 is 2.31 bits per heavy atom. The zero-order valence-corrected chi connectivity index (χ0v) is 8.69. The molecule has 0 spiro atoms. The van der Waals surface area contributed by atoms with E-state index in [-0.39, 0.29) is 6.10 Å². The van der Waals surface area contributed by atoms with E-state index in [0.29, 0.717) is 12.1 Å². The zero-order valence-electron chi connectivity index (χ0n) is 8.69. The Hall–Kier alpha value is -0.540. The minimum Gasteiger partial charge on any atom is -0.497 e. The Morgan fingerprint density at radius 1 is 1.62 bits per heavy atom. The third kappa shape index (κ3) is 2.23. The van der Waals surface area contributed by atoms with Crippen molar-refractivity contribution in [2.24, 2.45) is 0 Å². The van der Waals surface area contributed by atoms with Crippen molar-refractivity contribution in [3.05, 3.63) is 12.8 Å². The van der Waals surface area contributed by atoms with E-state index in [1.165, 1.54) is 6.26 Å². The molecule has 76 valence electrons. The van der Waals surface area contributed by atoms with Gasteiger partial charge in [-0.05, 0) is 20.4 Å². The Bertz CT molecular complexity index is 172. The summed E-state index contributed by atoms with van der Waals surface area (Å²) < 4.78 is 10.8. The van der Waals surface area contributed by atoms with E-state index in [1.807, 2.05) is 0 Å². The molecule has 0 N–H and O–H groups in total. The van der Waals surface area contributed by atoms with Gasteiger partial charge in [0, 0.05) is 13.7 Å². The summed E-state index contributed by atoms with van der Waals surface area (Å²) in [6.07, 6.45) is 3.03. The maximum atomic E-state index is 5.41. The number of likely N-dealkylation sites (tertiary alicyclic amines) is 1. The largest absolute Gasteiger partial charge is 0.497 e. The topological polar surface area (TPSA) is 21.7 Å². The Kier molecular flexibility index (Phi) is 3.75. The molecule has 1 rings (SSSR count). The van der Waals surface area contributed by atoms with Crippen molar-refractivity contribution in [1.82, 2.24) is 4.90 Å². The average molecular weight is 185 g/mol. The molecule has 1 fully saturated rings. The van der Waals surface area contributed by atoms with Crippen LogP contribution in [0, 0.1) is 0 Å². The molecule has 13 heavy (non-hydrogen) atoms. The van der Waals surface area contributed by atoms with Crippen LogP contribution in [0.3, 0.4) is 0 Å². The molecule has 0 aliphatic carbocycles. The van der Waals surface area contributed by atoms with E-state index in [9.17, 15) is 0 Å². The van der Waals surface area contributed by atoms with Crippen LogP contribution in [-0.4, -0.2) is 43.9 Å². The fourth-order valence-electron chi connectivity index (χ4n) is 2.08. The lowest BCUT2D eigenvalue weighted by Gasteiger charge is -2.29. The number of hydrogen-bond donors (Lipinski definition) is 0. The van der Waals surface area contributed by atoms with Gasteiger partial charge in [0.05, 0.1) is 18.4 Å². The molecule has 0 radical (unpaired) electrons. The van der Waals surface area contributed by atoms with Crippen molar-refractivity contribution in [2.45, 2.75) is 31.6 Å². The second-order valence-corrected chi connectivity index (χ2v) is 3.54. The molecule has 3 nitrogen and oxygen atoms in total. The molecule has 0 bridgehead atoms. The molecule has 0 amide bonds. The molecule has 3 heteroatoms. The third-order valence-electron chi connectivity index (χ3n) is 2.75. The Morgan fingerprint density at radius 3 is 2.85 bits per heavy atom. The predicted molar refractivity (Wildman–Crippen MR) is 52.6 cm³/mol. The second-order valence-electron chi connectivity index (χ2n) is 3.54. The van der Waals surface area contributed by atoms with Gasteiger partial charge in [0.25, 0.3) is 0 Å². The summed E-state index contributed by atoms with van der Waals surface area (Å²) in [5, 5.41) is 0. The van der Waals surface area contributed by atoms with Crippen molar-refractivity contribution in [3.63, 3.8) is 0 Å². The lowest BCUT2D eigenvalue weighted by molar-refractivity contribution is 0.00276. The van der Waals surface area contributed by atoms with E-state index in [4.69, 9.17) is 9.47 Å². The maximum absolute atomic E-state index is 5.41. The van der Waals surface area contributed by atoms with Crippen molar-refractivity contribution < 1.29 is 9.47 Å². The number of nitrogens with zero attached hydrogens (tertiary/aromatic N) is 1. The Labute approximate surface area is 80.3 Å². The number of hydrogen-bond acceptors (Lipinski definition) is 3. The highest BCUT2D eigenvalue weighted by Gasteiger charge is 2.36. The van der Waals surface area contributed by atoms with Gasteiger partial charge in [0.1, 0.15) is 6.10 Å². The summed E-state index contributed by atoms with van der Waals surface area (Å²) in [5.74, 6) is 0. The van der Waals surface area contributed by atoms with Gasteiger partial charge in [0.15, 0.2) is 0 Å². The first-order valence-corrected chi connectivity index (χ1v) is 4.70. The van der Waals surface area contributed by atoms with E-state index >= 15 is 0 Å². The number of ether oxygens (including phenoxy) is 2. The Balaban J connectivity index is 2.57. The number of rotatable bonds is 4. The normalized spacial score (nSPS) is 31.6. The van der Waals surface area contributed by atoms with Gasteiger partial charge in [0.2, 0.25) is 0 Å². The van der Waals surface area contributed by atoms with Crippen LogP contribution in [0.2, 0.25) is 0 Å². The molecule has 0 aromatic carbocycles. The number of likely N-dealkylation sites (N-methyl/N-ethyl adjacent to an activating group) is 1. The van der Waals surface area contributed by atoms with Crippen LogP contribution < -0.4 is 0 Å². The molecule has 1 heterocycles. The molecule has 0 saturated carbocycles. The molecule has 1 aliphatic rings. The minimum atomic E-state index is 0.148. The van der Waals surface area contributed by atoms with E-state index in [2.05, 4.69) is 25.5 Å².